The third-order valence-corrected chi connectivity index (χ3v) is 3.90. The molecule has 0 aromatic carbocycles. The van der Waals surface area contributed by atoms with Gasteiger partial charge in [0.15, 0.2) is 5.76 Å². The molecule has 2 amide bonds. The summed E-state index contributed by atoms with van der Waals surface area (Å²) in [5.74, 6) is -1.79. The van der Waals surface area contributed by atoms with Gasteiger partial charge in [-0.25, -0.2) is 0 Å². The van der Waals surface area contributed by atoms with Gasteiger partial charge in [0.1, 0.15) is 0 Å². The predicted molar refractivity (Wildman–Crippen MR) is 77.3 cm³/mol. The van der Waals surface area contributed by atoms with Crippen molar-refractivity contribution >= 4 is 17.8 Å². The monoisotopic (exact) mass is 308 g/mol. The minimum atomic E-state index is -0.881. The minimum absolute atomic E-state index is 0.0920. The zero-order valence-corrected chi connectivity index (χ0v) is 12.7. The lowest BCUT2D eigenvalue weighted by Crippen LogP contribution is -2.46. The molecule has 7 nitrogen and oxygen atoms in total. The number of rotatable bonds is 4. The van der Waals surface area contributed by atoms with Gasteiger partial charge >= 0.3 is 5.97 Å². The number of piperidine rings is 1. The van der Waals surface area contributed by atoms with E-state index in [0.29, 0.717) is 24.9 Å². The molecule has 2 heterocycles. The summed E-state index contributed by atoms with van der Waals surface area (Å²) < 4.78 is 5.13. The zero-order valence-electron chi connectivity index (χ0n) is 12.7. The van der Waals surface area contributed by atoms with Crippen molar-refractivity contribution in [1.29, 1.82) is 0 Å². The summed E-state index contributed by atoms with van der Waals surface area (Å²) in [4.78, 5) is 38.3. The second kappa shape index (κ2) is 6.64. The predicted octanol–water partition coefficient (Wildman–Crippen LogP) is 0.983. The molecule has 1 N–H and O–H groups in total. The lowest BCUT2D eigenvalue weighted by molar-refractivity contribution is -0.145. The first-order chi connectivity index (χ1) is 10.4. The summed E-state index contributed by atoms with van der Waals surface area (Å²) in [5, 5.41) is 9.05. The number of aliphatic carboxylic acids is 1. The van der Waals surface area contributed by atoms with Crippen molar-refractivity contribution in [3.8, 4) is 0 Å². The average Bonchev–Trinajstić information content (AvgIpc) is 2.92. The molecule has 22 heavy (non-hydrogen) atoms. The molecule has 2 rings (SSSR count). The molecule has 1 aliphatic rings. The van der Waals surface area contributed by atoms with Crippen LogP contribution in [0.3, 0.4) is 0 Å². The maximum absolute atomic E-state index is 12.2. The number of likely N-dealkylation sites (N-methyl/N-ethyl adjacent to an activating group) is 1. The number of carbonyl (C=O) groups excluding carboxylic acids is 2. The number of hydrogen-bond donors (Lipinski definition) is 1. The van der Waals surface area contributed by atoms with E-state index in [4.69, 9.17) is 9.52 Å². The van der Waals surface area contributed by atoms with Crippen molar-refractivity contribution < 1.29 is 23.9 Å². The van der Waals surface area contributed by atoms with Gasteiger partial charge in [-0.05, 0) is 25.8 Å². The van der Waals surface area contributed by atoms with Crippen LogP contribution in [0, 0.1) is 12.8 Å². The average molecular weight is 308 g/mol. The van der Waals surface area contributed by atoms with Crippen LogP contribution in [-0.2, 0) is 9.59 Å². The Kier molecular flexibility index (Phi) is 4.85. The Balaban J connectivity index is 1.95. The summed E-state index contributed by atoms with van der Waals surface area (Å²) in [6.45, 7) is 2.40. The number of carboxylic acid groups (broad SMARTS) is 1. The van der Waals surface area contributed by atoms with E-state index in [1.165, 1.54) is 23.1 Å². The molecule has 1 unspecified atom stereocenters. The number of hydrogen-bond acceptors (Lipinski definition) is 4. The molecule has 1 fully saturated rings. The van der Waals surface area contributed by atoms with Crippen molar-refractivity contribution in [2.75, 3.05) is 26.7 Å². The largest absolute Gasteiger partial charge is 0.481 e. The van der Waals surface area contributed by atoms with Crippen molar-refractivity contribution in [2.24, 2.45) is 5.92 Å². The van der Waals surface area contributed by atoms with Gasteiger partial charge < -0.3 is 19.3 Å². The first-order valence-electron chi connectivity index (χ1n) is 7.20. The normalized spacial score (nSPS) is 18.1. The van der Waals surface area contributed by atoms with Crippen molar-refractivity contribution in [3.05, 3.63) is 23.7 Å². The number of nitrogens with zero attached hydrogens (tertiary/aromatic N) is 2. The fraction of sp³-hybridized carbons (Fsp3) is 0.533. The quantitative estimate of drug-likeness (QED) is 0.895. The Labute approximate surface area is 128 Å². The molecule has 0 aliphatic carbocycles. The summed E-state index contributed by atoms with van der Waals surface area (Å²) >= 11 is 0. The van der Waals surface area contributed by atoms with Crippen LogP contribution in [0.4, 0.5) is 0 Å². The highest BCUT2D eigenvalue weighted by molar-refractivity contribution is 5.95. The van der Waals surface area contributed by atoms with Gasteiger partial charge in [-0.15, -0.1) is 0 Å². The third-order valence-electron chi connectivity index (χ3n) is 3.90. The zero-order chi connectivity index (χ0) is 16.3. The molecule has 0 radical (unpaired) electrons. The maximum Gasteiger partial charge on any atom is 0.308 e. The number of carboxylic acids is 1. The van der Waals surface area contributed by atoms with Crippen LogP contribution in [0.25, 0.3) is 0 Å². The molecule has 1 atom stereocenters. The smallest absolute Gasteiger partial charge is 0.308 e. The van der Waals surface area contributed by atoms with Crippen LogP contribution in [0.1, 0.15) is 29.0 Å². The van der Waals surface area contributed by atoms with E-state index >= 15 is 0 Å². The molecule has 0 bridgehead atoms. The number of furan rings is 1. The summed E-state index contributed by atoms with van der Waals surface area (Å²) in [6, 6.07) is 1.69. The molecule has 0 spiro atoms. The van der Waals surface area contributed by atoms with Gasteiger partial charge in [0, 0.05) is 25.7 Å². The lowest BCUT2D eigenvalue weighted by atomic mass is 9.98. The molecule has 7 heteroatoms. The second-order valence-electron chi connectivity index (χ2n) is 5.61. The van der Waals surface area contributed by atoms with Crippen LogP contribution in [0.2, 0.25) is 0 Å². The number of likely N-dealkylation sites (tertiary alicyclic amines) is 1. The first-order valence-corrected chi connectivity index (χ1v) is 7.20. The van der Waals surface area contributed by atoms with Gasteiger partial charge in [-0.1, -0.05) is 0 Å². The Morgan fingerprint density at radius 1 is 1.45 bits per heavy atom. The van der Waals surface area contributed by atoms with Gasteiger partial charge in [-0.3, -0.25) is 14.4 Å². The van der Waals surface area contributed by atoms with Crippen LogP contribution < -0.4 is 0 Å². The Morgan fingerprint density at radius 3 is 2.77 bits per heavy atom. The van der Waals surface area contributed by atoms with Crippen molar-refractivity contribution in [1.82, 2.24) is 9.80 Å². The van der Waals surface area contributed by atoms with Gasteiger partial charge in [0.25, 0.3) is 5.91 Å². The van der Waals surface area contributed by atoms with E-state index in [9.17, 15) is 14.4 Å². The Bertz CT molecular complexity index is 580. The number of carbonyl (C=O) groups is 3. The highest BCUT2D eigenvalue weighted by Gasteiger charge is 2.29. The fourth-order valence-electron chi connectivity index (χ4n) is 2.55. The second-order valence-corrected chi connectivity index (χ2v) is 5.61. The summed E-state index contributed by atoms with van der Waals surface area (Å²) in [5.41, 5.74) is 0.716. The van der Waals surface area contributed by atoms with E-state index in [-0.39, 0.29) is 30.7 Å². The van der Waals surface area contributed by atoms with E-state index in [0.717, 1.165) is 0 Å². The van der Waals surface area contributed by atoms with Crippen molar-refractivity contribution in [3.63, 3.8) is 0 Å². The van der Waals surface area contributed by atoms with Crippen molar-refractivity contribution in [2.45, 2.75) is 19.8 Å². The summed E-state index contributed by atoms with van der Waals surface area (Å²) in [7, 11) is 1.53. The highest BCUT2D eigenvalue weighted by atomic mass is 16.4. The number of amides is 2. The van der Waals surface area contributed by atoms with E-state index in [2.05, 4.69) is 0 Å². The fourth-order valence-corrected chi connectivity index (χ4v) is 2.55. The standard InChI is InChI=1S/C15H20N2O5/c1-10-5-7-22-13(10)14(19)16(2)9-12(18)17-6-3-4-11(8-17)15(20)21/h5,7,11H,3-4,6,8-9H2,1-2H3,(H,20,21). The van der Waals surface area contributed by atoms with E-state index < -0.39 is 11.9 Å². The summed E-state index contributed by atoms with van der Waals surface area (Å²) in [6.07, 6.45) is 2.68. The van der Waals surface area contributed by atoms with Gasteiger partial charge in [0.2, 0.25) is 5.91 Å². The van der Waals surface area contributed by atoms with E-state index in [1.54, 1.807) is 13.0 Å². The third kappa shape index (κ3) is 3.47. The van der Waals surface area contributed by atoms with Crippen LogP contribution in [-0.4, -0.2) is 59.4 Å². The van der Waals surface area contributed by atoms with Gasteiger partial charge in [-0.2, -0.15) is 0 Å². The number of aryl methyl sites for hydroxylation is 1. The SMILES string of the molecule is Cc1ccoc1C(=O)N(C)CC(=O)N1CCCC(C(=O)O)C1. The molecule has 0 saturated carbocycles. The van der Waals surface area contributed by atoms with Crippen LogP contribution in [0.15, 0.2) is 16.7 Å². The molecule has 1 aromatic heterocycles. The molecular formula is C15H20N2O5. The molecule has 1 aromatic rings. The Hall–Kier alpha value is -2.31. The molecular weight excluding hydrogens is 288 g/mol. The minimum Gasteiger partial charge on any atom is -0.481 e. The Morgan fingerprint density at radius 2 is 2.18 bits per heavy atom. The highest BCUT2D eigenvalue weighted by Crippen LogP contribution is 2.17. The van der Waals surface area contributed by atoms with Crippen LogP contribution in [0.5, 0.6) is 0 Å². The lowest BCUT2D eigenvalue weighted by Gasteiger charge is -2.31. The van der Waals surface area contributed by atoms with E-state index in [1.807, 2.05) is 0 Å². The topological polar surface area (TPSA) is 91.1 Å². The molecule has 1 aliphatic heterocycles. The molecule has 1 saturated heterocycles. The first kappa shape index (κ1) is 16.1. The molecule has 120 valence electrons. The maximum atomic E-state index is 12.2. The van der Waals surface area contributed by atoms with Gasteiger partial charge in [0.05, 0.1) is 18.7 Å². The van der Waals surface area contributed by atoms with Crippen LogP contribution >= 0.6 is 0 Å².